The number of primary amides is 1. The molecule has 0 aromatic carbocycles. The zero-order valence-corrected chi connectivity index (χ0v) is 19.2. The molecule has 0 spiro atoms. The van der Waals surface area contributed by atoms with Gasteiger partial charge in [0.25, 0.3) is 5.91 Å². The van der Waals surface area contributed by atoms with Gasteiger partial charge in [0.15, 0.2) is 0 Å². The van der Waals surface area contributed by atoms with Crippen molar-refractivity contribution >= 4 is 17.8 Å². The summed E-state index contributed by atoms with van der Waals surface area (Å²) in [7, 11) is 0. The Morgan fingerprint density at radius 3 is 2.52 bits per heavy atom. The maximum atomic E-state index is 13.6. The SMILES string of the molecule is NC(=O)[C@]12CC3CC(C1)[C@H](NC(=O)c1cnc(N[C@H]4CCOC4)nc1C1CCCC1)C(C3)C2. The van der Waals surface area contributed by atoms with Gasteiger partial charge in [0.2, 0.25) is 11.9 Å². The van der Waals surface area contributed by atoms with Crippen molar-refractivity contribution in [3.63, 3.8) is 0 Å². The van der Waals surface area contributed by atoms with Gasteiger partial charge in [0.05, 0.1) is 23.9 Å². The van der Waals surface area contributed by atoms with Crippen molar-refractivity contribution in [2.24, 2.45) is 28.9 Å². The zero-order valence-electron chi connectivity index (χ0n) is 19.2. The molecule has 1 aromatic heterocycles. The highest BCUT2D eigenvalue weighted by atomic mass is 16.5. The van der Waals surface area contributed by atoms with Crippen molar-refractivity contribution < 1.29 is 14.3 Å². The number of anilines is 1. The van der Waals surface area contributed by atoms with Crippen LogP contribution < -0.4 is 16.4 Å². The number of carbonyl (C=O) groups excluding carboxylic acids is 2. The second kappa shape index (κ2) is 8.22. The quantitative estimate of drug-likeness (QED) is 0.609. The average molecular weight is 454 g/mol. The highest BCUT2D eigenvalue weighted by Gasteiger charge is 2.58. The molecule has 33 heavy (non-hydrogen) atoms. The van der Waals surface area contributed by atoms with E-state index in [1.165, 1.54) is 12.8 Å². The van der Waals surface area contributed by atoms with Gasteiger partial charge < -0.3 is 21.1 Å². The Balaban J connectivity index is 1.22. The van der Waals surface area contributed by atoms with Crippen LogP contribution in [-0.2, 0) is 9.53 Å². The molecule has 5 saturated carbocycles. The van der Waals surface area contributed by atoms with Crippen LogP contribution in [0.1, 0.15) is 86.2 Å². The van der Waals surface area contributed by atoms with Crippen LogP contribution in [0.4, 0.5) is 5.95 Å². The molecule has 1 saturated heterocycles. The number of aromatic nitrogens is 2. The molecule has 5 aliphatic carbocycles. The second-order valence-electron chi connectivity index (χ2n) is 11.3. The van der Waals surface area contributed by atoms with Gasteiger partial charge in [-0.1, -0.05) is 12.8 Å². The van der Waals surface area contributed by atoms with E-state index in [4.69, 9.17) is 15.5 Å². The average Bonchev–Trinajstić information content (AvgIpc) is 3.50. The largest absolute Gasteiger partial charge is 0.379 e. The normalized spacial score (nSPS) is 37.4. The number of hydrogen-bond acceptors (Lipinski definition) is 6. The van der Waals surface area contributed by atoms with E-state index in [1.807, 2.05) is 0 Å². The lowest BCUT2D eigenvalue weighted by atomic mass is 9.47. The van der Waals surface area contributed by atoms with Crippen molar-refractivity contribution in [3.05, 3.63) is 17.5 Å². The summed E-state index contributed by atoms with van der Waals surface area (Å²) < 4.78 is 5.46. The first-order valence-electron chi connectivity index (χ1n) is 12.8. The molecule has 8 nitrogen and oxygen atoms in total. The van der Waals surface area contributed by atoms with E-state index in [0.717, 1.165) is 63.7 Å². The van der Waals surface area contributed by atoms with Crippen LogP contribution in [0.25, 0.3) is 0 Å². The smallest absolute Gasteiger partial charge is 0.254 e. The molecule has 3 atom stereocenters. The Labute approximate surface area is 194 Å². The number of rotatable bonds is 6. The lowest BCUT2D eigenvalue weighted by Gasteiger charge is -2.58. The fraction of sp³-hybridized carbons (Fsp3) is 0.760. The molecule has 0 radical (unpaired) electrons. The Morgan fingerprint density at radius 1 is 1.09 bits per heavy atom. The second-order valence-corrected chi connectivity index (χ2v) is 11.3. The van der Waals surface area contributed by atoms with Crippen molar-refractivity contribution in [1.29, 1.82) is 0 Å². The van der Waals surface area contributed by atoms with E-state index >= 15 is 0 Å². The van der Waals surface area contributed by atoms with Crippen molar-refractivity contribution in [3.8, 4) is 0 Å². The molecule has 2 unspecified atom stereocenters. The third-order valence-corrected chi connectivity index (χ3v) is 9.16. The number of hydrogen-bond donors (Lipinski definition) is 3. The first kappa shape index (κ1) is 21.3. The number of nitrogens with zero attached hydrogens (tertiary/aromatic N) is 2. The summed E-state index contributed by atoms with van der Waals surface area (Å²) in [6, 6.07) is 0.345. The van der Waals surface area contributed by atoms with Crippen LogP contribution in [0.15, 0.2) is 6.20 Å². The topological polar surface area (TPSA) is 119 Å². The highest BCUT2D eigenvalue weighted by Crippen LogP contribution is 2.60. The molecule has 2 amide bonds. The summed E-state index contributed by atoms with van der Waals surface area (Å²) in [4.78, 5) is 35.2. The summed E-state index contributed by atoms with van der Waals surface area (Å²) >= 11 is 0. The zero-order chi connectivity index (χ0) is 22.6. The summed E-state index contributed by atoms with van der Waals surface area (Å²) in [5.74, 6) is 1.97. The molecular weight excluding hydrogens is 418 g/mol. The van der Waals surface area contributed by atoms with Crippen LogP contribution in [0.5, 0.6) is 0 Å². The maximum absolute atomic E-state index is 13.6. The fourth-order valence-electron chi connectivity index (χ4n) is 7.77. The third kappa shape index (κ3) is 3.80. The molecule has 178 valence electrons. The van der Waals surface area contributed by atoms with Gasteiger partial charge in [-0.25, -0.2) is 9.97 Å². The van der Waals surface area contributed by atoms with Crippen molar-refractivity contribution in [1.82, 2.24) is 15.3 Å². The fourth-order valence-corrected chi connectivity index (χ4v) is 7.77. The van der Waals surface area contributed by atoms with Crippen LogP contribution in [0.3, 0.4) is 0 Å². The molecule has 4 N–H and O–H groups in total. The van der Waals surface area contributed by atoms with E-state index in [9.17, 15) is 9.59 Å². The summed E-state index contributed by atoms with van der Waals surface area (Å²) in [5, 5.41) is 6.77. The predicted molar refractivity (Wildman–Crippen MR) is 123 cm³/mol. The van der Waals surface area contributed by atoms with Gasteiger partial charge in [-0.3, -0.25) is 9.59 Å². The Bertz CT molecular complexity index is 924. The number of carbonyl (C=O) groups is 2. The molecule has 6 aliphatic rings. The van der Waals surface area contributed by atoms with E-state index in [0.29, 0.717) is 41.8 Å². The van der Waals surface area contributed by atoms with E-state index in [2.05, 4.69) is 15.6 Å². The van der Waals surface area contributed by atoms with Gasteiger partial charge >= 0.3 is 0 Å². The van der Waals surface area contributed by atoms with Gasteiger partial charge in [0, 0.05) is 30.2 Å². The monoisotopic (exact) mass is 453 g/mol. The Morgan fingerprint density at radius 2 is 1.85 bits per heavy atom. The molecule has 1 aromatic rings. The third-order valence-electron chi connectivity index (χ3n) is 9.16. The first-order valence-corrected chi connectivity index (χ1v) is 12.8. The minimum Gasteiger partial charge on any atom is -0.379 e. The molecule has 8 heteroatoms. The Kier molecular flexibility index (Phi) is 5.31. The van der Waals surface area contributed by atoms with Crippen molar-refractivity contribution in [2.75, 3.05) is 18.5 Å². The lowest BCUT2D eigenvalue weighted by molar-refractivity contribution is -0.145. The van der Waals surface area contributed by atoms with E-state index in [-0.39, 0.29) is 29.3 Å². The number of nitrogens with one attached hydrogen (secondary N) is 2. The van der Waals surface area contributed by atoms with Gasteiger partial charge in [-0.15, -0.1) is 0 Å². The highest BCUT2D eigenvalue weighted by molar-refractivity contribution is 5.95. The molecule has 6 fully saturated rings. The maximum Gasteiger partial charge on any atom is 0.254 e. The van der Waals surface area contributed by atoms with Gasteiger partial charge in [-0.05, 0) is 69.1 Å². The summed E-state index contributed by atoms with van der Waals surface area (Å²) in [6.07, 6.45) is 11.9. The van der Waals surface area contributed by atoms with Crippen LogP contribution in [0, 0.1) is 23.2 Å². The van der Waals surface area contributed by atoms with E-state index in [1.54, 1.807) is 6.20 Å². The molecule has 7 rings (SSSR count). The van der Waals surface area contributed by atoms with Crippen LogP contribution in [0.2, 0.25) is 0 Å². The number of nitrogens with two attached hydrogens (primary N) is 1. The molecule has 4 bridgehead atoms. The Hall–Kier alpha value is -2.22. The predicted octanol–water partition coefficient (Wildman–Crippen LogP) is 2.75. The molecule has 1 aliphatic heterocycles. The summed E-state index contributed by atoms with van der Waals surface area (Å²) in [6.45, 7) is 1.43. The number of amides is 2. The van der Waals surface area contributed by atoms with Gasteiger partial charge in [0.1, 0.15) is 0 Å². The first-order chi connectivity index (χ1) is 16.0. The standard InChI is InChI=1S/C25H35N5O3/c26-23(32)25-9-14-7-16(10-25)20(17(8-14)11-25)29-22(31)19-12-27-24(28-18-5-6-33-13-18)30-21(19)15-3-1-2-4-15/h12,14-18,20H,1-11,13H2,(H2,26,32)(H,29,31)(H,27,28,30)/t14?,16?,17?,18-,20-,25+/m0/s1. The molecule has 2 heterocycles. The minimum atomic E-state index is -0.340. The molecular formula is C25H35N5O3. The lowest BCUT2D eigenvalue weighted by Crippen LogP contribution is -2.62. The number of ether oxygens (including phenoxy) is 1. The van der Waals surface area contributed by atoms with E-state index < -0.39 is 0 Å². The minimum absolute atomic E-state index is 0.0572. The van der Waals surface area contributed by atoms with Crippen LogP contribution >= 0.6 is 0 Å². The van der Waals surface area contributed by atoms with Gasteiger partial charge in [-0.2, -0.15) is 0 Å². The van der Waals surface area contributed by atoms with Crippen molar-refractivity contribution in [2.45, 2.75) is 82.2 Å². The summed E-state index contributed by atoms with van der Waals surface area (Å²) in [5.41, 5.74) is 7.00. The van der Waals surface area contributed by atoms with Crippen LogP contribution in [-0.4, -0.2) is 47.1 Å².